The molecule has 2 aliphatic heterocycles. The number of carbonyl (C=O) groups is 1. The van der Waals surface area contributed by atoms with E-state index in [0.717, 1.165) is 59.6 Å². The van der Waals surface area contributed by atoms with Crippen molar-refractivity contribution in [2.45, 2.75) is 6.61 Å². The second-order valence-electron chi connectivity index (χ2n) is 9.56. The number of carbonyl (C=O) groups excluding carboxylic acids is 1. The Kier molecular flexibility index (Phi) is 7.77. The molecule has 1 amide bonds. The van der Waals surface area contributed by atoms with Crippen LogP contribution in [0.5, 0.6) is 5.75 Å². The molecule has 6 rings (SSSR count). The van der Waals surface area contributed by atoms with E-state index in [1.54, 1.807) is 11.9 Å². The molecule has 0 atom stereocenters. The number of rotatable bonds is 6. The van der Waals surface area contributed by atoms with Gasteiger partial charge in [0.25, 0.3) is 5.91 Å². The first-order valence-corrected chi connectivity index (χ1v) is 14.3. The second kappa shape index (κ2) is 11.8. The van der Waals surface area contributed by atoms with Crippen molar-refractivity contribution in [3.8, 4) is 5.75 Å². The molecule has 0 N–H and O–H groups in total. The van der Waals surface area contributed by atoms with Crippen LogP contribution >= 0.6 is 23.4 Å². The standard InChI is InChI=1S/C32H28ClN3O3S/c1-35-31(37)30(40-32(35)34-24-11-13-25(14-12-24)36-16-18-38-19-17-36)20-27-26-8-4-2-6-22(26)10-15-29(27)39-21-23-7-3-5-9-28(23)33/h2-15,20H,16-19,21H2,1H3/b30-20-,34-32?. The van der Waals surface area contributed by atoms with Gasteiger partial charge in [-0.2, -0.15) is 0 Å². The van der Waals surface area contributed by atoms with Crippen LogP contribution in [0.2, 0.25) is 5.02 Å². The van der Waals surface area contributed by atoms with Crippen LogP contribution in [0, 0.1) is 0 Å². The van der Waals surface area contributed by atoms with E-state index in [1.165, 1.54) is 11.8 Å². The van der Waals surface area contributed by atoms with Crippen LogP contribution in [-0.2, 0) is 16.1 Å². The highest BCUT2D eigenvalue weighted by Gasteiger charge is 2.31. The van der Waals surface area contributed by atoms with Gasteiger partial charge < -0.3 is 14.4 Å². The minimum Gasteiger partial charge on any atom is -0.488 e. The van der Waals surface area contributed by atoms with E-state index >= 15 is 0 Å². The van der Waals surface area contributed by atoms with Crippen LogP contribution in [0.3, 0.4) is 0 Å². The fourth-order valence-electron chi connectivity index (χ4n) is 4.77. The summed E-state index contributed by atoms with van der Waals surface area (Å²) in [5.74, 6) is 0.588. The summed E-state index contributed by atoms with van der Waals surface area (Å²) in [4.78, 5) is 22.6. The molecule has 0 aromatic heterocycles. The summed E-state index contributed by atoms with van der Waals surface area (Å²) >= 11 is 7.73. The molecule has 2 heterocycles. The highest BCUT2D eigenvalue weighted by Crippen LogP contribution is 2.38. The summed E-state index contributed by atoms with van der Waals surface area (Å²) in [5, 5.41) is 3.36. The van der Waals surface area contributed by atoms with Crippen molar-refractivity contribution in [3.63, 3.8) is 0 Å². The minimum atomic E-state index is -0.0984. The second-order valence-corrected chi connectivity index (χ2v) is 11.0. The lowest BCUT2D eigenvalue weighted by molar-refractivity contribution is -0.121. The summed E-state index contributed by atoms with van der Waals surface area (Å²) in [6.45, 7) is 3.57. The molecule has 0 saturated carbocycles. The third-order valence-electron chi connectivity index (χ3n) is 7.00. The van der Waals surface area contributed by atoms with Crippen LogP contribution in [0.25, 0.3) is 16.8 Å². The zero-order valence-electron chi connectivity index (χ0n) is 22.0. The average Bonchev–Trinajstić information content (AvgIpc) is 3.25. The Balaban J connectivity index is 1.29. The molecule has 202 valence electrons. The van der Waals surface area contributed by atoms with Gasteiger partial charge in [0.05, 0.1) is 23.8 Å². The zero-order chi connectivity index (χ0) is 27.5. The number of ether oxygens (including phenoxy) is 2. The zero-order valence-corrected chi connectivity index (χ0v) is 23.6. The number of aliphatic imine (C=N–C) groups is 1. The van der Waals surface area contributed by atoms with Crippen molar-refractivity contribution in [1.29, 1.82) is 0 Å². The van der Waals surface area contributed by atoms with Gasteiger partial charge in [-0.15, -0.1) is 0 Å². The molecule has 6 nitrogen and oxygen atoms in total. The van der Waals surface area contributed by atoms with E-state index < -0.39 is 0 Å². The van der Waals surface area contributed by atoms with Crippen LogP contribution in [0.4, 0.5) is 11.4 Å². The molecule has 0 aliphatic carbocycles. The molecule has 4 aromatic carbocycles. The van der Waals surface area contributed by atoms with E-state index in [9.17, 15) is 4.79 Å². The Morgan fingerprint density at radius 1 is 0.975 bits per heavy atom. The lowest BCUT2D eigenvalue weighted by atomic mass is 10.0. The Bertz CT molecular complexity index is 1610. The van der Waals surface area contributed by atoms with Crippen molar-refractivity contribution >= 4 is 62.7 Å². The fourth-order valence-corrected chi connectivity index (χ4v) is 5.93. The van der Waals surface area contributed by atoms with Gasteiger partial charge in [-0.1, -0.05) is 60.1 Å². The van der Waals surface area contributed by atoms with Crippen molar-refractivity contribution < 1.29 is 14.3 Å². The van der Waals surface area contributed by atoms with Crippen LogP contribution < -0.4 is 9.64 Å². The normalized spacial score (nSPS) is 17.8. The van der Waals surface area contributed by atoms with Crippen LogP contribution in [0.1, 0.15) is 11.1 Å². The quantitative estimate of drug-likeness (QED) is 0.231. The Morgan fingerprint density at radius 3 is 2.52 bits per heavy atom. The number of anilines is 1. The van der Waals surface area contributed by atoms with Crippen LogP contribution in [0.15, 0.2) is 94.8 Å². The largest absolute Gasteiger partial charge is 0.488 e. The number of morpholine rings is 1. The van der Waals surface area contributed by atoms with Gasteiger partial charge in [0.15, 0.2) is 5.17 Å². The van der Waals surface area contributed by atoms with Gasteiger partial charge in [-0.3, -0.25) is 9.69 Å². The molecular weight excluding hydrogens is 542 g/mol. The molecule has 0 spiro atoms. The summed E-state index contributed by atoms with van der Waals surface area (Å²) in [5.41, 5.74) is 3.70. The Morgan fingerprint density at radius 2 is 1.73 bits per heavy atom. The number of amides is 1. The molecular formula is C32H28ClN3O3S. The van der Waals surface area contributed by atoms with Crippen molar-refractivity contribution in [1.82, 2.24) is 4.90 Å². The molecule has 8 heteroatoms. The van der Waals surface area contributed by atoms with Gasteiger partial charge in [0.2, 0.25) is 0 Å². The van der Waals surface area contributed by atoms with E-state index in [1.807, 2.05) is 72.8 Å². The topological polar surface area (TPSA) is 54.4 Å². The van der Waals surface area contributed by atoms with E-state index in [2.05, 4.69) is 23.1 Å². The number of benzene rings is 4. The molecule has 0 bridgehead atoms. The number of amidine groups is 1. The molecule has 2 aliphatic rings. The highest BCUT2D eigenvalue weighted by molar-refractivity contribution is 8.18. The van der Waals surface area contributed by atoms with Gasteiger partial charge in [-0.05, 0) is 65.0 Å². The first kappa shape index (κ1) is 26.4. The lowest BCUT2D eigenvalue weighted by Crippen LogP contribution is -2.36. The summed E-state index contributed by atoms with van der Waals surface area (Å²) in [7, 11) is 1.76. The molecule has 40 heavy (non-hydrogen) atoms. The fraction of sp³-hybridized carbons (Fsp3) is 0.188. The van der Waals surface area contributed by atoms with Gasteiger partial charge in [0, 0.05) is 42.0 Å². The van der Waals surface area contributed by atoms with Gasteiger partial charge in [-0.25, -0.2) is 4.99 Å². The number of hydrogen-bond donors (Lipinski definition) is 0. The number of likely N-dealkylation sites (N-methyl/N-ethyl adjacent to an activating group) is 1. The molecule has 2 fully saturated rings. The predicted octanol–water partition coefficient (Wildman–Crippen LogP) is 7.14. The highest BCUT2D eigenvalue weighted by atomic mass is 35.5. The third kappa shape index (κ3) is 5.59. The van der Waals surface area contributed by atoms with Crippen molar-refractivity contribution in [3.05, 3.63) is 106 Å². The first-order valence-electron chi connectivity index (χ1n) is 13.1. The van der Waals surface area contributed by atoms with Crippen molar-refractivity contribution in [2.75, 3.05) is 38.3 Å². The summed E-state index contributed by atoms with van der Waals surface area (Å²) in [6.07, 6.45) is 1.91. The smallest absolute Gasteiger partial charge is 0.266 e. The molecule has 4 aromatic rings. The van der Waals surface area contributed by atoms with Gasteiger partial charge in [0.1, 0.15) is 12.4 Å². The first-order chi connectivity index (χ1) is 19.6. The Hall–Kier alpha value is -3.78. The maximum Gasteiger partial charge on any atom is 0.266 e. The summed E-state index contributed by atoms with van der Waals surface area (Å²) in [6, 6.07) is 27.8. The van der Waals surface area contributed by atoms with Crippen LogP contribution in [-0.4, -0.2) is 49.3 Å². The minimum absolute atomic E-state index is 0.0984. The van der Waals surface area contributed by atoms with Gasteiger partial charge >= 0.3 is 0 Å². The molecule has 2 saturated heterocycles. The van der Waals surface area contributed by atoms with E-state index in [4.69, 9.17) is 26.1 Å². The monoisotopic (exact) mass is 569 g/mol. The third-order valence-corrected chi connectivity index (χ3v) is 8.43. The number of hydrogen-bond acceptors (Lipinski definition) is 6. The molecule has 0 unspecified atom stereocenters. The van der Waals surface area contributed by atoms with E-state index in [0.29, 0.717) is 27.5 Å². The number of nitrogens with zero attached hydrogens (tertiary/aromatic N) is 3. The maximum atomic E-state index is 13.3. The van der Waals surface area contributed by atoms with E-state index in [-0.39, 0.29) is 5.91 Å². The maximum absolute atomic E-state index is 13.3. The predicted molar refractivity (Wildman–Crippen MR) is 165 cm³/mol. The summed E-state index contributed by atoms with van der Waals surface area (Å²) < 4.78 is 11.7. The number of fused-ring (bicyclic) bond motifs is 1. The lowest BCUT2D eigenvalue weighted by Gasteiger charge is -2.28. The number of thioether (sulfide) groups is 1. The number of halogens is 1. The Labute approximate surface area is 242 Å². The molecule has 0 radical (unpaired) electrons. The average molecular weight is 570 g/mol. The van der Waals surface area contributed by atoms with Crippen molar-refractivity contribution in [2.24, 2.45) is 4.99 Å². The SMILES string of the molecule is CN1C(=O)/C(=C/c2c(OCc3ccccc3Cl)ccc3ccccc23)SC1=Nc1ccc(N2CCOCC2)cc1.